The Balaban J connectivity index is 1.59. The van der Waals surface area contributed by atoms with E-state index < -0.39 is 0 Å². The van der Waals surface area contributed by atoms with E-state index in [0.29, 0.717) is 12.1 Å². The topological polar surface area (TPSA) is 76.6 Å². The second-order valence-corrected chi connectivity index (χ2v) is 5.82. The van der Waals surface area contributed by atoms with Crippen molar-refractivity contribution in [2.24, 2.45) is 0 Å². The van der Waals surface area contributed by atoms with Crippen molar-refractivity contribution in [3.8, 4) is 6.07 Å². The van der Waals surface area contributed by atoms with E-state index >= 15 is 0 Å². The number of thioether (sulfide) groups is 1. The molecule has 1 aromatic carbocycles. The molecule has 0 bridgehead atoms. The first-order valence-electron chi connectivity index (χ1n) is 6.85. The first-order valence-corrected chi connectivity index (χ1v) is 7.83. The Hall–Kier alpha value is -1.91. The van der Waals surface area contributed by atoms with Crippen molar-refractivity contribution < 1.29 is 4.74 Å². The third-order valence-electron chi connectivity index (χ3n) is 3.35. The molecule has 2 heterocycles. The maximum atomic E-state index is 8.78. The molecule has 1 saturated heterocycles. The molecule has 2 aromatic rings. The maximum absolute atomic E-state index is 8.78. The first-order chi connectivity index (χ1) is 10.3. The smallest absolute Gasteiger partial charge is 0.209 e. The first kappa shape index (κ1) is 14.0. The lowest BCUT2D eigenvalue weighted by Gasteiger charge is -2.09. The quantitative estimate of drug-likeness (QED) is 0.786. The fraction of sp³-hybridized carbons (Fsp3) is 0.429. The van der Waals surface area contributed by atoms with Crippen LogP contribution in [-0.4, -0.2) is 32.9 Å². The van der Waals surface area contributed by atoms with Gasteiger partial charge in [0.1, 0.15) is 0 Å². The fourth-order valence-corrected chi connectivity index (χ4v) is 3.06. The molecule has 1 atom stereocenters. The summed E-state index contributed by atoms with van der Waals surface area (Å²) in [6.45, 7) is 1.54. The zero-order chi connectivity index (χ0) is 14.5. The van der Waals surface area contributed by atoms with Crippen molar-refractivity contribution in [3.05, 3.63) is 35.4 Å². The molecule has 0 amide bonds. The van der Waals surface area contributed by atoms with E-state index in [2.05, 4.69) is 21.6 Å². The molecule has 1 aromatic heterocycles. The Morgan fingerprint density at radius 1 is 1.38 bits per heavy atom. The molecule has 1 aliphatic rings. The molecular formula is C14H15N5OS. The second-order valence-electron chi connectivity index (χ2n) is 4.88. The average Bonchev–Trinajstić information content (AvgIpc) is 3.18. The molecule has 0 spiro atoms. The van der Waals surface area contributed by atoms with E-state index in [9.17, 15) is 0 Å². The van der Waals surface area contributed by atoms with Crippen molar-refractivity contribution in [2.75, 3.05) is 6.61 Å². The minimum Gasteiger partial charge on any atom is -0.376 e. The molecule has 3 rings (SSSR count). The van der Waals surface area contributed by atoms with Crippen LogP contribution < -0.4 is 0 Å². The number of benzene rings is 1. The largest absolute Gasteiger partial charge is 0.376 e. The normalized spacial score (nSPS) is 17.8. The van der Waals surface area contributed by atoms with Crippen LogP contribution >= 0.6 is 11.8 Å². The average molecular weight is 301 g/mol. The predicted molar refractivity (Wildman–Crippen MR) is 77.5 cm³/mol. The van der Waals surface area contributed by atoms with Gasteiger partial charge in [-0.2, -0.15) is 5.26 Å². The van der Waals surface area contributed by atoms with Crippen molar-refractivity contribution in [3.63, 3.8) is 0 Å². The standard InChI is InChI=1S/C14H15N5OS/c15-8-11-3-5-12(6-4-11)10-21-14-16-17-18-19(14)9-13-2-1-7-20-13/h3-6,13H,1-2,7,9-10H2. The molecule has 0 aliphatic carbocycles. The highest BCUT2D eigenvalue weighted by molar-refractivity contribution is 7.98. The molecule has 1 aliphatic heterocycles. The van der Waals surface area contributed by atoms with Crippen LogP contribution in [0.25, 0.3) is 0 Å². The molecule has 21 heavy (non-hydrogen) atoms. The Bertz CT molecular complexity index is 628. The van der Waals surface area contributed by atoms with Gasteiger partial charge in [-0.1, -0.05) is 23.9 Å². The maximum Gasteiger partial charge on any atom is 0.209 e. The van der Waals surface area contributed by atoms with Gasteiger partial charge < -0.3 is 4.74 Å². The van der Waals surface area contributed by atoms with Gasteiger partial charge >= 0.3 is 0 Å². The van der Waals surface area contributed by atoms with Gasteiger partial charge in [0.25, 0.3) is 0 Å². The summed E-state index contributed by atoms with van der Waals surface area (Å²) < 4.78 is 7.42. The summed E-state index contributed by atoms with van der Waals surface area (Å²) in [4.78, 5) is 0. The molecular weight excluding hydrogens is 286 g/mol. The van der Waals surface area contributed by atoms with Crippen LogP contribution in [0.3, 0.4) is 0 Å². The monoisotopic (exact) mass is 301 g/mol. The number of rotatable bonds is 5. The molecule has 0 N–H and O–H groups in total. The van der Waals surface area contributed by atoms with Crippen LogP contribution in [0, 0.1) is 11.3 Å². The molecule has 6 nitrogen and oxygen atoms in total. The number of hydrogen-bond acceptors (Lipinski definition) is 6. The molecule has 0 radical (unpaired) electrons. The van der Waals surface area contributed by atoms with Crippen LogP contribution in [0.1, 0.15) is 24.0 Å². The van der Waals surface area contributed by atoms with E-state index in [4.69, 9.17) is 10.00 Å². The van der Waals surface area contributed by atoms with Crippen LogP contribution in [0.4, 0.5) is 0 Å². The highest BCUT2D eigenvalue weighted by Gasteiger charge is 2.18. The van der Waals surface area contributed by atoms with Crippen molar-refractivity contribution in [1.29, 1.82) is 5.26 Å². The summed E-state index contributed by atoms with van der Waals surface area (Å²) in [7, 11) is 0. The van der Waals surface area contributed by atoms with Crippen molar-refractivity contribution in [1.82, 2.24) is 20.2 Å². The summed E-state index contributed by atoms with van der Waals surface area (Å²) >= 11 is 1.59. The van der Waals surface area contributed by atoms with Gasteiger partial charge in [-0.25, -0.2) is 4.68 Å². The summed E-state index contributed by atoms with van der Waals surface area (Å²) in [5.74, 6) is 0.775. The minimum atomic E-state index is 0.225. The minimum absolute atomic E-state index is 0.225. The Labute approximate surface area is 127 Å². The predicted octanol–water partition coefficient (Wildman–Crippen LogP) is 2.02. The van der Waals surface area contributed by atoms with Crippen LogP contribution in [0.15, 0.2) is 29.4 Å². The summed E-state index contributed by atoms with van der Waals surface area (Å²) in [6, 6.07) is 9.68. The van der Waals surface area contributed by atoms with Gasteiger partial charge in [0.2, 0.25) is 5.16 Å². The SMILES string of the molecule is N#Cc1ccc(CSc2nnnn2CC2CCCO2)cc1. The van der Waals surface area contributed by atoms with E-state index in [0.717, 1.165) is 35.9 Å². The molecule has 0 saturated carbocycles. The number of nitrogens with zero attached hydrogens (tertiary/aromatic N) is 5. The Kier molecular flexibility index (Phi) is 4.48. The van der Waals surface area contributed by atoms with Crippen LogP contribution in [0.2, 0.25) is 0 Å². The second kappa shape index (κ2) is 6.70. The summed E-state index contributed by atoms with van der Waals surface area (Å²) in [6.07, 6.45) is 2.41. The lowest BCUT2D eigenvalue weighted by molar-refractivity contribution is 0.0912. The lowest BCUT2D eigenvalue weighted by Crippen LogP contribution is -2.16. The van der Waals surface area contributed by atoms with Crippen molar-refractivity contribution in [2.45, 2.75) is 36.4 Å². The van der Waals surface area contributed by atoms with E-state index in [-0.39, 0.29) is 6.10 Å². The summed E-state index contributed by atoms with van der Waals surface area (Å²) in [5.41, 5.74) is 1.82. The number of tetrazole rings is 1. The molecule has 1 fully saturated rings. The number of nitriles is 1. The number of hydrogen-bond donors (Lipinski definition) is 0. The highest BCUT2D eigenvalue weighted by Crippen LogP contribution is 2.22. The van der Waals surface area contributed by atoms with Gasteiger partial charge in [-0.05, 0) is 41.0 Å². The fourth-order valence-electron chi connectivity index (χ4n) is 2.22. The van der Waals surface area contributed by atoms with E-state index in [1.54, 1.807) is 11.8 Å². The lowest BCUT2D eigenvalue weighted by atomic mass is 10.2. The third kappa shape index (κ3) is 3.60. The van der Waals surface area contributed by atoms with Gasteiger partial charge in [0.05, 0.1) is 24.3 Å². The van der Waals surface area contributed by atoms with Gasteiger partial charge in [-0.3, -0.25) is 0 Å². The van der Waals surface area contributed by atoms with Crippen LogP contribution in [0.5, 0.6) is 0 Å². The van der Waals surface area contributed by atoms with Crippen molar-refractivity contribution >= 4 is 11.8 Å². The Morgan fingerprint density at radius 3 is 2.95 bits per heavy atom. The van der Waals surface area contributed by atoms with E-state index in [1.165, 1.54) is 0 Å². The van der Waals surface area contributed by atoms with Gasteiger partial charge in [0.15, 0.2) is 0 Å². The van der Waals surface area contributed by atoms with Gasteiger partial charge in [-0.15, -0.1) is 5.10 Å². The number of aromatic nitrogens is 4. The molecule has 7 heteroatoms. The van der Waals surface area contributed by atoms with Crippen LogP contribution in [-0.2, 0) is 17.0 Å². The highest BCUT2D eigenvalue weighted by atomic mass is 32.2. The third-order valence-corrected chi connectivity index (χ3v) is 4.38. The van der Waals surface area contributed by atoms with Gasteiger partial charge in [0, 0.05) is 12.4 Å². The zero-order valence-electron chi connectivity index (χ0n) is 11.5. The zero-order valence-corrected chi connectivity index (χ0v) is 12.3. The molecule has 1 unspecified atom stereocenters. The van der Waals surface area contributed by atoms with E-state index in [1.807, 2.05) is 28.9 Å². The Morgan fingerprint density at radius 2 is 2.24 bits per heavy atom. The number of ether oxygens (including phenoxy) is 1. The summed E-state index contributed by atoms with van der Waals surface area (Å²) in [5, 5.41) is 21.4. The molecule has 108 valence electrons.